The SMILES string of the molecule is C=CC(=O)OCCCOc1ccc(C(=O)Sc2ccc(C#Cc3ccc(C#Cc4ccc(OC(=O)C=C)cc4)cc3)cc2)cc1. The van der Waals surface area contributed by atoms with Crippen LogP contribution in [0.25, 0.3) is 0 Å². The third-order valence-corrected chi connectivity index (χ3v) is 6.88. The Balaban J connectivity index is 1.25. The zero-order valence-electron chi connectivity index (χ0n) is 24.3. The molecule has 0 heterocycles. The van der Waals surface area contributed by atoms with E-state index in [4.69, 9.17) is 14.2 Å². The third-order valence-electron chi connectivity index (χ3n) is 5.95. The first-order chi connectivity index (χ1) is 21.9. The Morgan fingerprint density at radius 2 is 1.07 bits per heavy atom. The van der Waals surface area contributed by atoms with Crippen molar-refractivity contribution in [2.24, 2.45) is 0 Å². The first kappa shape index (κ1) is 32.2. The number of thioether (sulfide) groups is 1. The lowest BCUT2D eigenvalue weighted by atomic mass is 10.1. The molecule has 0 unspecified atom stereocenters. The van der Waals surface area contributed by atoms with Gasteiger partial charge in [-0.1, -0.05) is 36.8 Å². The fourth-order valence-electron chi connectivity index (χ4n) is 3.63. The third kappa shape index (κ3) is 10.8. The Hall–Kier alpha value is -5.76. The molecule has 0 fully saturated rings. The Kier molecular flexibility index (Phi) is 12.0. The number of benzene rings is 4. The monoisotopic (exact) mass is 612 g/mol. The molecule has 0 saturated carbocycles. The zero-order chi connectivity index (χ0) is 31.9. The number of hydrogen-bond donors (Lipinski definition) is 0. The molecule has 0 spiro atoms. The number of hydrogen-bond acceptors (Lipinski definition) is 7. The topological polar surface area (TPSA) is 78.9 Å². The highest BCUT2D eigenvalue weighted by molar-refractivity contribution is 8.14. The molecule has 0 N–H and O–H groups in total. The van der Waals surface area contributed by atoms with Gasteiger partial charge in [0.05, 0.1) is 13.2 Å². The predicted octanol–water partition coefficient (Wildman–Crippen LogP) is 7.01. The minimum Gasteiger partial charge on any atom is -0.493 e. The minimum atomic E-state index is -0.508. The van der Waals surface area contributed by atoms with Crippen molar-refractivity contribution < 1.29 is 28.6 Å². The summed E-state index contributed by atoms with van der Waals surface area (Å²) in [6.45, 7) is 7.36. The molecule has 0 aliphatic carbocycles. The summed E-state index contributed by atoms with van der Waals surface area (Å²) in [5, 5.41) is -0.0778. The molecular formula is C38H28O6S. The summed E-state index contributed by atoms with van der Waals surface area (Å²) in [5.41, 5.74) is 3.89. The van der Waals surface area contributed by atoms with Gasteiger partial charge in [0.15, 0.2) is 0 Å². The Morgan fingerprint density at radius 3 is 1.58 bits per heavy atom. The van der Waals surface area contributed by atoms with Gasteiger partial charge in [0.25, 0.3) is 0 Å². The lowest BCUT2D eigenvalue weighted by molar-refractivity contribution is -0.138. The standard InChI is InChI=1S/C38H28O6S/c1-3-36(39)43-27-5-26-42-33-22-18-32(19-23-33)38(41)45-35-24-16-31(17-25-35)13-11-29-8-6-28(7-9-29)10-12-30-14-20-34(21-15-30)44-37(40)4-2/h3-4,6-9,14-25H,1-2,5,26-27H2. The molecule has 7 heteroatoms. The van der Waals surface area contributed by atoms with Crippen LogP contribution in [-0.4, -0.2) is 30.3 Å². The van der Waals surface area contributed by atoms with Crippen LogP contribution in [0.4, 0.5) is 0 Å². The number of rotatable bonds is 10. The molecule has 0 aliphatic heterocycles. The average Bonchev–Trinajstić information content (AvgIpc) is 3.08. The summed E-state index contributed by atoms with van der Waals surface area (Å²) in [5.74, 6) is 12.6. The van der Waals surface area contributed by atoms with Gasteiger partial charge in [-0.3, -0.25) is 4.79 Å². The predicted molar refractivity (Wildman–Crippen MR) is 175 cm³/mol. The largest absolute Gasteiger partial charge is 0.493 e. The molecule has 0 atom stereocenters. The van der Waals surface area contributed by atoms with E-state index in [9.17, 15) is 14.4 Å². The summed E-state index contributed by atoms with van der Waals surface area (Å²) >= 11 is 1.14. The molecular weight excluding hydrogens is 584 g/mol. The quantitative estimate of drug-likeness (QED) is 0.0476. The zero-order valence-corrected chi connectivity index (χ0v) is 25.1. The van der Waals surface area contributed by atoms with Gasteiger partial charge in [0.1, 0.15) is 11.5 Å². The van der Waals surface area contributed by atoms with Gasteiger partial charge in [0.2, 0.25) is 5.12 Å². The molecule has 0 amide bonds. The van der Waals surface area contributed by atoms with Crippen molar-refractivity contribution in [1.82, 2.24) is 0 Å². The van der Waals surface area contributed by atoms with E-state index < -0.39 is 11.9 Å². The van der Waals surface area contributed by atoms with Gasteiger partial charge < -0.3 is 14.2 Å². The van der Waals surface area contributed by atoms with E-state index in [-0.39, 0.29) is 11.7 Å². The summed E-state index contributed by atoms with van der Waals surface area (Å²) in [7, 11) is 0. The fourth-order valence-corrected chi connectivity index (χ4v) is 4.37. The molecule has 6 nitrogen and oxygen atoms in total. The molecule has 4 aromatic rings. The van der Waals surface area contributed by atoms with Crippen LogP contribution in [0.1, 0.15) is 39.0 Å². The van der Waals surface area contributed by atoms with E-state index in [2.05, 4.69) is 36.8 Å². The summed E-state index contributed by atoms with van der Waals surface area (Å²) in [6.07, 6.45) is 2.78. The van der Waals surface area contributed by atoms with Crippen molar-refractivity contribution in [1.29, 1.82) is 0 Å². The Labute approximate surface area is 266 Å². The molecule has 4 rings (SSSR count). The van der Waals surface area contributed by atoms with Crippen LogP contribution in [0.3, 0.4) is 0 Å². The Morgan fingerprint density at radius 1 is 0.600 bits per heavy atom. The van der Waals surface area contributed by atoms with Crippen molar-refractivity contribution in [3.63, 3.8) is 0 Å². The molecule has 45 heavy (non-hydrogen) atoms. The normalized spacial score (nSPS) is 9.78. The van der Waals surface area contributed by atoms with Crippen molar-refractivity contribution in [2.75, 3.05) is 13.2 Å². The molecule has 4 aromatic carbocycles. The van der Waals surface area contributed by atoms with E-state index in [1.807, 2.05) is 48.5 Å². The van der Waals surface area contributed by atoms with Crippen LogP contribution in [0.2, 0.25) is 0 Å². The maximum absolute atomic E-state index is 12.7. The second-order valence-electron chi connectivity index (χ2n) is 9.24. The molecule has 222 valence electrons. The van der Waals surface area contributed by atoms with Gasteiger partial charge in [0, 0.05) is 51.3 Å². The fraction of sp³-hybridized carbons (Fsp3) is 0.0789. The highest BCUT2D eigenvalue weighted by Crippen LogP contribution is 2.24. The van der Waals surface area contributed by atoms with Gasteiger partial charge in [-0.2, -0.15) is 0 Å². The first-order valence-electron chi connectivity index (χ1n) is 13.8. The van der Waals surface area contributed by atoms with Crippen LogP contribution in [0, 0.1) is 23.7 Å². The minimum absolute atomic E-state index is 0.0778. The maximum atomic E-state index is 12.7. The second kappa shape index (κ2) is 16.8. The molecule has 0 radical (unpaired) electrons. The molecule has 0 aromatic heterocycles. The van der Waals surface area contributed by atoms with Crippen molar-refractivity contribution in [2.45, 2.75) is 11.3 Å². The smallest absolute Gasteiger partial charge is 0.335 e. The van der Waals surface area contributed by atoms with Gasteiger partial charge >= 0.3 is 11.9 Å². The second-order valence-corrected chi connectivity index (χ2v) is 10.3. The van der Waals surface area contributed by atoms with Crippen molar-refractivity contribution >= 4 is 28.8 Å². The molecule has 0 aliphatic rings. The van der Waals surface area contributed by atoms with E-state index in [1.165, 1.54) is 0 Å². The van der Waals surface area contributed by atoms with E-state index >= 15 is 0 Å². The van der Waals surface area contributed by atoms with Gasteiger partial charge in [-0.25, -0.2) is 9.59 Å². The summed E-state index contributed by atoms with van der Waals surface area (Å²) in [4.78, 5) is 35.9. The number of carbonyl (C=O) groups excluding carboxylic acids is 3. The van der Waals surface area contributed by atoms with Crippen LogP contribution in [0.5, 0.6) is 11.5 Å². The summed E-state index contributed by atoms with van der Waals surface area (Å²) < 4.78 is 15.6. The van der Waals surface area contributed by atoms with E-state index in [0.29, 0.717) is 30.1 Å². The lowest BCUT2D eigenvalue weighted by Crippen LogP contribution is -2.06. The highest BCUT2D eigenvalue weighted by Gasteiger charge is 2.09. The van der Waals surface area contributed by atoms with Crippen LogP contribution in [0.15, 0.2) is 127 Å². The highest BCUT2D eigenvalue weighted by atomic mass is 32.2. The Bertz CT molecular complexity index is 1780. The molecule has 0 bridgehead atoms. The summed E-state index contributed by atoms with van der Waals surface area (Å²) in [6, 6.07) is 29.0. The van der Waals surface area contributed by atoms with Crippen LogP contribution >= 0.6 is 11.8 Å². The van der Waals surface area contributed by atoms with Crippen molar-refractivity contribution in [3.8, 4) is 35.2 Å². The van der Waals surface area contributed by atoms with Crippen molar-refractivity contribution in [3.05, 3.63) is 150 Å². The van der Waals surface area contributed by atoms with Crippen LogP contribution in [-0.2, 0) is 14.3 Å². The van der Waals surface area contributed by atoms with E-state index in [0.717, 1.165) is 51.1 Å². The maximum Gasteiger partial charge on any atom is 0.335 e. The average molecular weight is 613 g/mol. The van der Waals surface area contributed by atoms with Gasteiger partial charge in [-0.15, -0.1) is 0 Å². The lowest BCUT2D eigenvalue weighted by Gasteiger charge is -2.07. The number of esters is 2. The number of carbonyl (C=O) groups is 3. The molecule has 0 saturated heterocycles. The van der Waals surface area contributed by atoms with Crippen LogP contribution < -0.4 is 9.47 Å². The van der Waals surface area contributed by atoms with Gasteiger partial charge in [-0.05, 0) is 109 Å². The first-order valence-corrected chi connectivity index (χ1v) is 14.7. The van der Waals surface area contributed by atoms with E-state index in [1.54, 1.807) is 48.5 Å². The number of ether oxygens (including phenoxy) is 3.